The number of quaternary nitrogens is 1. The highest BCUT2D eigenvalue weighted by molar-refractivity contribution is 8.76. The lowest BCUT2D eigenvalue weighted by Gasteiger charge is -2.48. The van der Waals surface area contributed by atoms with Crippen molar-refractivity contribution in [3.63, 3.8) is 0 Å². The summed E-state index contributed by atoms with van der Waals surface area (Å²) in [6, 6.07) is -0.391. The van der Waals surface area contributed by atoms with Crippen molar-refractivity contribution in [1.82, 2.24) is 5.32 Å². The molecule has 0 spiro atoms. The van der Waals surface area contributed by atoms with Gasteiger partial charge >= 0.3 is 11.9 Å². The number of carbonyl (C=O) groups excluding carboxylic acids is 1. The van der Waals surface area contributed by atoms with Gasteiger partial charge in [0.15, 0.2) is 18.4 Å². The minimum absolute atomic E-state index is 0.0780. The third-order valence-electron chi connectivity index (χ3n) is 10.7. The predicted molar refractivity (Wildman–Crippen MR) is 212 cm³/mol. The van der Waals surface area contributed by atoms with E-state index >= 15 is 0 Å². The molecular weight excluding hydrogens is 801 g/mol. The molecule has 11 atom stereocenters. The molecule has 18 nitrogen and oxygen atoms in total. The number of ether oxygens (including phenoxy) is 5. The first kappa shape index (κ1) is 46.1. The van der Waals surface area contributed by atoms with E-state index in [4.69, 9.17) is 29.4 Å². The van der Waals surface area contributed by atoms with Crippen LogP contribution in [0, 0.1) is 17.8 Å². The van der Waals surface area contributed by atoms with E-state index in [-0.39, 0.29) is 61.1 Å². The van der Waals surface area contributed by atoms with Crippen molar-refractivity contribution in [2.45, 2.75) is 94.5 Å². The van der Waals surface area contributed by atoms with Gasteiger partial charge in [-0.15, -0.1) is 6.58 Å². The fourth-order valence-corrected chi connectivity index (χ4v) is 10.4. The van der Waals surface area contributed by atoms with Crippen LogP contribution in [-0.4, -0.2) is 153 Å². The molecule has 1 unspecified atom stereocenters. The maximum atomic E-state index is 14.1. The molecule has 58 heavy (non-hydrogen) atoms. The number of aliphatic hydroxyl groups is 6. The molecule has 20 heteroatoms. The van der Waals surface area contributed by atoms with Gasteiger partial charge in [-0.3, -0.25) is 9.89 Å². The van der Waals surface area contributed by atoms with Gasteiger partial charge in [0.1, 0.15) is 42.7 Å². The van der Waals surface area contributed by atoms with Gasteiger partial charge in [0.05, 0.1) is 48.5 Å². The molecular formula is C38H57N4O14S2+. The Morgan fingerprint density at radius 2 is 1.95 bits per heavy atom. The first-order chi connectivity index (χ1) is 27.7. The number of guanidine groups is 1. The number of hydrogen-bond acceptors (Lipinski definition) is 16. The Morgan fingerprint density at radius 3 is 2.62 bits per heavy atom. The molecule has 0 radical (unpaired) electrons. The van der Waals surface area contributed by atoms with Crippen LogP contribution in [0.3, 0.4) is 0 Å². The molecule has 4 heterocycles. The fourth-order valence-electron chi connectivity index (χ4n) is 7.54. The number of nitrogens with two attached hydrogens (primary N) is 1. The van der Waals surface area contributed by atoms with Gasteiger partial charge in [0, 0.05) is 36.3 Å². The zero-order valence-electron chi connectivity index (χ0n) is 32.6. The maximum absolute atomic E-state index is 14.1. The number of aliphatic hydroxyl groups excluding tert-OH is 4. The van der Waals surface area contributed by atoms with Crippen LogP contribution in [-0.2, 0) is 33.3 Å². The molecule has 1 saturated heterocycles. The van der Waals surface area contributed by atoms with E-state index in [0.29, 0.717) is 34.8 Å². The van der Waals surface area contributed by atoms with Crippen molar-refractivity contribution >= 4 is 39.5 Å². The molecule has 0 amide bonds. The van der Waals surface area contributed by atoms with E-state index in [1.165, 1.54) is 18.5 Å². The molecule has 11 N–H and O–H groups in total. The van der Waals surface area contributed by atoms with E-state index in [1.807, 2.05) is 0 Å². The van der Waals surface area contributed by atoms with Crippen LogP contribution in [0.4, 0.5) is 0 Å². The number of carboxylic acids is 1. The zero-order valence-corrected chi connectivity index (χ0v) is 34.2. The summed E-state index contributed by atoms with van der Waals surface area (Å²) in [5, 5.41) is 75.8. The summed E-state index contributed by atoms with van der Waals surface area (Å²) in [5.74, 6) is -5.45. The lowest BCUT2D eigenvalue weighted by Crippen LogP contribution is -3.13. The molecule has 4 aliphatic heterocycles. The van der Waals surface area contributed by atoms with E-state index in [9.17, 15) is 45.3 Å². The number of allylic oxidation sites excluding steroid dienone is 1. The van der Waals surface area contributed by atoms with Gasteiger partial charge in [-0.2, -0.15) is 0 Å². The summed E-state index contributed by atoms with van der Waals surface area (Å²) in [4.78, 5) is 31.9. The van der Waals surface area contributed by atoms with Crippen LogP contribution in [0.15, 0.2) is 64.7 Å². The fraction of sp³-hybridized carbons (Fsp3) is 0.658. The molecule has 5 aliphatic rings. The number of esters is 1. The second kappa shape index (κ2) is 21.0. The van der Waals surface area contributed by atoms with Crippen molar-refractivity contribution in [2.75, 3.05) is 44.4 Å². The summed E-state index contributed by atoms with van der Waals surface area (Å²) in [6.45, 7) is 6.50. The Kier molecular flexibility index (Phi) is 16.7. The number of nitrogens with zero attached hydrogens (tertiary/aromatic N) is 1. The van der Waals surface area contributed by atoms with E-state index in [0.717, 1.165) is 12.8 Å². The quantitative estimate of drug-likeness (QED) is 0.0207. The van der Waals surface area contributed by atoms with Gasteiger partial charge in [0.25, 0.3) is 0 Å². The number of fused-ring (bicyclic) bond motifs is 4. The number of carbonyl (C=O) groups is 2. The second-order valence-electron chi connectivity index (χ2n) is 15.0. The number of rotatable bonds is 12. The Hall–Kier alpha value is -2.99. The molecule has 0 aromatic carbocycles. The number of aliphatic imine (C=N–C) groups is 1. The van der Waals surface area contributed by atoms with Gasteiger partial charge < -0.3 is 70.5 Å². The summed E-state index contributed by atoms with van der Waals surface area (Å²) in [7, 11) is 3.17. The van der Waals surface area contributed by atoms with Crippen LogP contribution < -0.4 is 16.0 Å². The Bertz CT molecular complexity index is 1620. The highest BCUT2D eigenvalue weighted by atomic mass is 33.1. The molecule has 324 valence electrons. The lowest BCUT2D eigenvalue weighted by atomic mass is 9.83. The van der Waals surface area contributed by atoms with Crippen LogP contribution in [0.5, 0.6) is 0 Å². The van der Waals surface area contributed by atoms with Gasteiger partial charge in [-0.05, 0) is 39.5 Å². The minimum atomic E-state index is -2.92. The average Bonchev–Trinajstić information content (AvgIpc) is 3.63. The molecule has 0 aromatic heterocycles. The van der Waals surface area contributed by atoms with Gasteiger partial charge in [-0.1, -0.05) is 39.8 Å². The Balaban J connectivity index is 1.60. The molecule has 5 rings (SSSR count). The van der Waals surface area contributed by atoms with E-state index in [2.05, 4.69) is 16.9 Å². The smallest absolute Gasteiger partial charge is 0.343 e. The first-order valence-electron chi connectivity index (χ1n) is 19.4. The number of aliphatic carboxylic acids is 1. The first-order valence-corrected chi connectivity index (χ1v) is 21.9. The largest absolute Gasteiger partial charge is 0.477 e. The summed E-state index contributed by atoms with van der Waals surface area (Å²) >= 11 is 0. The average molecular weight is 858 g/mol. The maximum Gasteiger partial charge on any atom is 0.343 e. The summed E-state index contributed by atoms with van der Waals surface area (Å²) in [6.07, 6.45) is 1.26. The number of carboxylic acid groups (broad SMARTS) is 1. The van der Waals surface area contributed by atoms with E-state index < -0.39 is 79.2 Å². The van der Waals surface area contributed by atoms with Gasteiger partial charge in [-0.25, -0.2) is 9.59 Å². The van der Waals surface area contributed by atoms with Crippen molar-refractivity contribution in [3.8, 4) is 0 Å². The van der Waals surface area contributed by atoms with Crippen LogP contribution in [0.1, 0.15) is 39.5 Å². The highest BCUT2D eigenvalue weighted by Gasteiger charge is 2.57. The SMILES string of the molecule is C=C[C@H]1[C@H](O[C@@H]2O[C@H](CO)[C@@H](O)C(O)(O)[C@H]2OC(C)C)OC=C2C(=O)O[C@H]3CCC[C@H]3CSSC[C@@H](CO)[NH+]3C=C(C(=O)O)C(NC(N)=NCCCO)=C(/C=C/[C@H]21)C3. The number of hydrogen-bond donors (Lipinski definition) is 10. The Morgan fingerprint density at radius 1 is 1.19 bits per heavy atom. The lowest BCUT2D eigenvalue weighted by molar-refractivity contribution is -0.867. The van der Waals surface area contributed by atoms with Crippen LogP contribution >= 0.6 is 21.6 Å². The topological polar surface area (TPSA) is 277 Å². The molecule has 1 aliphatic carbocycles. The molecule has 1 saturated carbocycles. The summed E-state index contributed by atoms with van der Waals surface area (Å²) in [5.41, 5.74) is 6.75. The predicted octanol–water partition coefficient (Wildman–Crippen LogP) is -1.35. The summed E-state index contributed by atoms with van der Waals surface area (Å²) < 4.78 is 30.0. The molecule has 2 fully saturated rings. The van der Waals surface area contributed by atoms with Crippen molar-refractivity contribution < 1.29 is 73.9 Å². The van der Waals surface area contributed by atoms with Gasteiger partial charge in [0.2, 0.25) is 12.1 Å². The van der Waals surface area contributed by atoms with Crippen molar-refractivity contribution in [2.24, 2.45) is 28.5 Å². The normalized spacial score (nSPS) is 35.2. The Labute approximate surface area is 344 Å². The number of nitrogens with one attached hydrogen (secondary N) is 2. The molecule has 2 bridgehead atoms. The standard InChI is InChI=1S/C38H56N4O14S2/c1-4-24-25-10-9-21-13-42(14-26(33(47)48)30(21)41-37(39)40-11-6-12-43)23(15-44)19-58-57-18-22-7-5-8-28(22)54-34(49)27(25)17-52-35(24)56-36-32(53-20(2)3)38(50,51)31(46)29(16-45)55-36/h4,9-10,14,17,20,22-25,28-29,31-32,35-36,43-46,50-51H,1,5-8,11-13,15-16,18-19H2,2-3H3,(H,47,48)(H3,39,40,41)/p+1/b10-9+/t22-,23+,24+,25-,28-,29+,31+,32-,35-,36-/m0/s1. The third-order valence-corrected chi connectivity index (χ3v) is 13.3. The second-order valence-corrected chi connectivity index (χ2v) is 17.6. The van der Waals surface area contributed by atoms with Crippen LogP contribution in [0.25, 0.3) is 0 Å². The monoisotopic (exact) mass is 857 g/mol. The third kappa shape index (κ3) is 10.8. The highest BCUT2D eigenvalue weighted by Crippen LogP contribution is 2.40. The van der Waals surface area contributed by atoms with E-state index in [1.54, 1.807) is 47.6 Å². The molecule has 0 aromatic rings. The van der Waals surface area contributed by atoms with Crippen molar-refractivity contribution in [1.29, 1.82) is 0 Å². The zero-order chi connectivity index (χ0) is 42.1. The minimum Gasteiger partial charge on any atom is -0.477 e. The van der Waals surface area contributed by atoms with Crippen LogP contribution in [0.2, 0.25) is 0 Å². The van der Waals surface area contributed by atoms with Crippen molar-refractivity contribution in [3.05, 3.63) is 59.7 Å².